The number of allylic oxidation sites excluding steroid dienone is 2. The first-order valence-corrected chi connectivity index (χ1v) is 12.2. The predicted molar refractivity (Wildman–Crippen MR) is 125 cm³/mol. The standard InChI is InChI=1S/C26H38O2S.Au/c1-21-22(26(28)24-19-15-14-18-23(24)25(21)27)17-13-11-9-7-5-3-2-4-6-8-10-12-16-20-29;/h14-15,18-19,29H,2-13,16-17,20H2,1H3;/q;+1/p-1. The van der Waals surface area contributed by atoms with Crippen LogP contribution in [0.15, 0.2) is 35.4 Å². The second-order valence-electron chi connectivity index (χ2n) is 8.36. The maximum Gasteiger partial charge on any atom is 1.00 e. The third kappa shape index (κ3) is 8.86. The summed E-state index contributed by atoms with van der Waals surface area (Å²) < 4.78 is 0. The zero-order valence-corrected chi connectivity index (χ0v) is 21.4. The Morgan fingerprint density at radius 1 is 0.633 bits per heavy atom. The molecule has 0 heterocycles. The van der Waals surface area contributed by atoms with Gasteiger partial charge in [0, 0.05) is 22.3 Å². The van der Waals surface area contributed by atoms with Crippen LogP contribution in [0.25, 0.3) is 0 Å². The molecule has 0 aliphatic heterocycles. The van der Waals surface area contributed by atoms with Gasteiger partial charge in [0.1, 0.15) is 0 Å². The average molecular weight is 611 g/mol. The summed E-state index contributed by atoms with van der Waals surface area (Å²) in [5.74, 6) is 0.997. The Balaban J connectivity index is 0.00000450. The van der Waals surface area contributed by atoms with Crippen LogP contribution in [0.2, 0.25) is 0 Å². The Labute approximate surface area is 204 Å². The molecule has 0 atom stereocenters. The largest absolute Gasteiger partial charge is 1.00 e. The van der Waals surface area contributed by atoms with Gasteiger partial charge in [0.05, 0.1) is 0 Å². The van der Waals surface area contributed by atoms with Crippen LogP contribution in [0.5, 0.6) is 0 Å². The molecule has 0 fully saturated rings. The maximum absolute atomic E-state index is 12.7. The van der Waals surface area contributed by atoms with Gasteiger partial charge in [0.2, 0.25) is 0 Å². The Bertz CT molecular complexity index is 696. The van der Waals surface area contributed by atoms with E-state index < -0.39 is 0 Å². The van der Waals surface area contributed by atoms with Crippen LogP contribution >= 0.6 is 0 Å². The number of Topliss-reactive ketones (excluding diaryl/α,β-unsaturated/α-hetero) is 2. The van der Waals surface area contributed by atoms with Gasteiger partial charge in [-0.2, -0.15) is 5.75 Å². The van der Waals surface area contributed by atoms with Gasteiger partial charge in [-0.25, -0.2) is 0 Å². The van der Waals surface area contributed by atoms with E-state index in [1.807, 2.05) is 19.1 Å². The monoisotopic (exact) mass is 610 g/mol. The fourth-order valence-corrected chi connectivity index (χ4v) is 4.40. The molecule has 0 radical (unpaired) electrons. The molecule has 1 aliphatic carbocycles. The van der Waals surface area contributed by atoms with Crippen molar-refractivity contribution >= 4 is 24.2 Å². The third-order valence-electron chi connectivity index (χ3n) is 6.05. The summed E-state index contributed by atoms with van der Waals surface area (Å²) in [5, 5.41) is 0. The first-order chi connectivity index (χ1) is 14.2. The van der Waals surface area contributed by atoms with Gasteiger partial charge in [-0.3, -0.25) is 9.59 Å². The minimum Gasteiger partial charge on any atom is -0.793 e. The van der Waals surface area contributed by atoms with Crippen molar-refractivity contribution in [3.63, 3.8) is 0 Å². The van der Waals surface area contributed by atoms with Gasteiger partial charge in [0.15, 0.2) is 11.6 Å². The molecule has 30 heavy (non-hydrogen) atoms. The van der Waals surface area contributed by atoms with E-state index >= 15 is 0 Å². The molecular formula is C26H37AuO2S. The third-order valence-corrected chi connectivity index (χ3v) is 6.34. The maximum atomic E-state index is 12.7. The van der Waals surface area contributed by atoms with Crippen molar-refractivity contribution in [3.8, 4) is 0 Å². The Morgan fingerprint density at radius 3 is 1.50 bits per heavy atom. The topological polar surface area (TPSA) is 34.1 Å². The average Bonchev–Trinajstić information content (AvgIpc) is 2.74. The summed E-state index contributed by atoms with van der Waals surface area (Å²) in [4.78, 5) is 25.2. The predicted octanol–water partition coefficient (Wildman–Crippen LogP) is 7.39. The molecule has 4 heteroatoms. The first kappa shape index (κ1) is 27.4. The number of fused-ring (bicyclic) bond motifs is 1. The number of carbonyl (C=O) groups excluding carboxylic acids is 2. The van der Waals surface area contributed by atoms with Gasteiger partial charge >= 0.3 is 22.4 Å². The number of unbranched alkanes of at least 4 members (excludes halogenated alkanes) is 12. The molecule has 0 spiro atoms. The van der Waals surface area contributed by atoms with Crippen molar-refractivity contribution in [2.45, 2.75) is 96.8 Å². The molecule has 0 bridgehead atoms. The SMILES string of the molecule is CC1=C(CCCCCCCCCCCCCCC[S-])C(=O)c2ccccc2C1=O.[Au+]. The van der Waals surface area contributed by atoms with Crippen LogP contribution in [0.4, 0.5) is 0 Å². The molecule has 0 saturated carbocycles. The summed E-state index contributed by atoms with van der Waals surface area (Å²) >= 11 is 4.97. The zero-order chi connectivity index (χ0) is 20.9. The number of hydrogen-bond donors (Lipinski definition) is 0. The molecule has 0 amide bonds. The van der Waals surface area contributed by atoms with E-state index in [0.29, 0.717) is 16.7 Å². The molecule has 1 aromatic carbocycles. The summed E-state index contributed by atoms with van der Waals surface area (Å²) in [5.41, 5.74) is 2.54. The van der Waals surface area contributed by atoms with E-state index in [4.69, 9.17) is 12.6 Å². The van der Waals surface area contributed by atoms with Crippen LogP contribution in [-0.4, -0.2) is 17.3 Å². The minimum absolute atomic E-state index is 0. The molecule has 0 unspecified atom stereocenters. The molecule has 0 N–H and O–H groups in total. The van der Waals surface area contributed by atoms with Crippen molar-refractivity contribution in [3.05, 3.63) is 46.5 Å². The minimum atomic E-state index is 0. The van der Waals surface area contributed by atoms with Gasteiger partial charge in [-0.1, -0.05) is 101 Å². The second kappa shape index (κ2) is 16.1. The van der Waals surface area contributed by atoms with Crippen LogP contribution in [0.1, 0.15) is 118 Å². The summed E-state index contributed by atoms with van der Waals surface area (Å²) in [7, 11) is 0. The molecule has 2 rings (SSSR count). The van der Waals surface area contributed by atoms with Crippen molar-refractivity contribution in [2.75, 3.05) is 5.75 Å². The van der Waals surface area contributed by atoms with E-state index in [2.05, 4.69) is 0 Å². The van der Waals surface area contributed by atoms with Crippen LogP contribution in [0.3, 0.4) is 0 Å². The van der Waals surface area contributed by atoms with E-state index in [1.54, 1.807) is 12.1 Å². The number of rotatable bonds is 15. The summed E-state index contributed by atoms with van der Waals surface area (Å²) in [6.07, 6.45) is 17.4. The number of ketones is 2. The molecule has 2 nitrogen and oxygen atoms in total. The zero-order valence-electron chi connectivity index (χ0n) is 18.4. The van der Waals surface area contributed by atoms with Crippen LogP contribution in [-0.2, 0) is 35.0 Å². The smallest absolute Gasteiger partial charge is 0.793 e. The molecule has 170 valence electrons. The van der Waals surface area contributed by atoms with Gasteiger partial charge in [0.25, 0.3) is 0 Å². The van der Waals surface area contributed by atoms with Crippen molar-refractivity contribution in [1.29, 1.82) is 0 Å². The molecule has 0 aromatic heterocycles. The van der Waals surface area contributed by atoms with Gasteiger partial charge in [-0.15, -0.1) is 0 Å². The Morgan fingerprint density at radius 2 is 1.03 bits per heavy atom. The Hall–Kier alpha value is -0.610. The second-order valence-corrected chi connectivity index (χ2v) is 8.77. The molecule has 0 saturated heterocycles. The van der Waals surface area contributed by atoms with Gasteiger partial charge < -0.3 is 12.6 Å². The van der Waals surface area contributed by atoms with Crippen LogP contribution in [0, 0.1) is 0 Å². The van der Waals surface area contributed by atoms with E-state index in [0.717, 1.165) is 30.6 Å². The summed E-state index contributed by atoms with van der Waals surface area (Å²) in [6.45, 7) is 1.81. The van der Waals surface area contributed by atoms with E-state index in [-0.39, 0.29) is 33.9 Å². The number of hydrogen-bond acceptors (Lipinski definition) is 3. The molecule has 1 aliphatic rings. The van der Waals surface area contributed by atoms with Gasteiger partial charge in [-0.05, 0) is 19.8 Å². The van der Waals surface area contributed by atoms with Crippen molar-refractivity contribution < 1.29 is 32.0 Å². The molecular weight excluding hydrogens is 573 g/mol. The fraction of sp³-hybridized carbons (Fsp3) is 0.615. The fourth-order valence-electron chi connectivity index (χ4n) is 4.20. The normalized spacial score (nSPS) is 13.4. The first-order valence-electron chi connectivity index (χ1n) is 11.6. The van der Waals surface area contributed by atoms with Crippen molar-refractivity contribution in [1.82, 2.24) is 0 Å². The van der Waals surface area contributed by atoms with E-state index in [9.17, 15) is 9.59 Å². The quantitative estimate of drug-likeness (QED) is 0.118. The number of benzene rings is 1. The molecule has 1 aromatic rings. The Kier molecular flexibility index (Phi) is 14.7. The van der Waals surface area contributed by atoms with E-state index in [1.165, 1.54) is 70.6 Å². The van der Waals surface area contributed by atoms with Crippen LogP contribution < -0.4 is 0 Å². The van der Waals surface area contributed by atoms with Crippen molar-refractivity contribution in [2.24, 2.45) is 0 Å². The number of carbonyl (C=O) groups is 2. The summed E-state index contributed by atoms with van der Waals surface area (Å²) in [6, 6.07) is 7.21.